The maximum atomic E-state index is 12.6. The van der Waals surface area contributed by atoms with Gasteiger partial charge in [0.1, 0.15) is 0 Å². The second kappa shape index (κ2) is 11.8. The summed E-state index contributed by atoms with van der Waals surface area (Å²) in [6.07, 6.45) is 0.964. The predicted molar refractivity (Wildman–Crippen MR) is 139 cm³/mol. The highest BCUT2D eigenvalue weighted by molar-refractivity contribution is 9.09. The number of hydrogen-bond donors (Lipinski definition) is 1. The van der Waals surface area contributed by atoms with E-state index in [-0.39, 0.29) is 11.6 Å². The molecule has 0 spiro atoms. The molecule has 5 nitrogen and oxygen atoms in total. The van der Waals surface area contributed by atoms with Crippen LogP contribution in [-0.2, 0) is 4.79 Å². The molecule has 0 aliphatic carbocycles. The fourth-order valence-corrected chi connectivity index (χ4v) is 3.33. The van der Waals surface area contributed by atoms with Crippen molar-refractivity contribution in [3.8, 4) is 23.7 Å². The molecule has 0 aliphatic rings. The zero-order chi connectivity index (χ0) is 24.5. The van der Waals surface area contributed by atoms with E-state index in [0.29, 0.717) is 35.0 Å². The van der Waals surface area contributed by atoms with Crippen molar-refractivity contribution in [1.82, 2.24) is 0 Å². The number of nitro benzene ring substituents is 1. The Labute approximate surface area is 207 Å². The second-order valence-corrected chi connectivity index (χ2v) is 8.54. The van der Waals surface area contributed by atoms with E-state index in [9.17, 15) is 14.9 Å². The maximum Gasteiger partial charge on any atom is 0.272 e. The molecule has 34 heavy (non-hydrogen) atoms. The van der Waals surface area contributed by atoms with Crippen LogP contribution in [0.1, 0.15) is 46.2 Å². The highest BCUT2D eigenvalue weighted by Gasteiger charge is 2.17. The van der Waals surface area contributed by atoms with Crippen molar-refractivity contribution in [3.63, 3.8) is 0 Å². The Kier molecular flexibility index (Phi) is 8.62. The molecule has 0 aromatic heterocycles. The Morgan fingerprint density at radius 2 is 1.35 bits per heavy atom. The first-order chi connectivity index (χ1) is 16.4. The van der Waals surface area contributed by atoms with Gasteiger partial charge in [0.25, 0.3) is 5.69 Å². The topological polar surface area (TPSA) is 72.2 Å². The van der Waals surface area contributed by atoms with Crippen LogP contribution in [0.15, 0.2) is 60.7 Å². The van der Waals surface area contributed by atoms with Crippen molar-refractivity contribution >= 4 is 33.2 Å². The van der Waals surface area contributed by atoms with Gasteiger partial charge >= 0.3 is 0 Å². The number of nitrogens with one attached hydrogen (secondary N) is 1. The van der Waals surface area contributed by atoms with Crippen molar-refractivity contribution in [2.45, 2.75) is 26.7 Å². The largest absolute Gasteiger partial charge is 0.324 e. The molecule has 0 heterocycles. The molecule has 1 amide bonds. The first-order valence-corrected chi connectivity index (χ1v) is 11.8. The van der Waals surface area contributed by atoms with Gasteiger partial charge in [-0.1, -0.05) is 75.0 Å². The number of anilines is 1. The summed E-state index contributed by atoms with van der Waals surface area (Å²) in [6, 6.07) is 18.0. The molecule has 0 atom stereocenters. The summed E-state index contributed by atoms with van der Waals surface area (Å²) < 4.78 is 0. The molecule has 0 saturated heterocycles. The quantitative estimate of drug-likeness (QED) is 0.193. The highest BCUT2D eigenvalue weighted by atomic mass is 79.9. The van der Waals surface area contributed by atoms with Crippen LogP contribution in [0.5, 0.6) is 0 Å². The minimum atomic E-state index is -0.482. The van der Waals surface area contributed by atoms with E-state index in [2.05, 4.69) is 44.9 Å². The molecule has 0 unspecified atom stereocenters. The van der Waals surface area contributed by atoms with Crippen LogP contribution >= 0.6 is 15.9 Å². The first kappa shape index (κ1) is 24.8. The normalized spacial score (nSPS) is 9.85. The lowest BCUT2D eigenvalue weighted by Crippen LogP contribution is -2.14. The minimum Gasteiger partial charge on any atom is -0.324 e. The standard InChI is InChI=1S/C28H23BrN2O3/c1-20-5-9-22(10-6-20)13-15-24-18-26(31(33)34)19-25(28(24)30-27(32)4-3-17-29)16-14-23-11-7-21(2)8-12-23/h5-12,18-19H,3-4,17H2,1-2H3,(H,30,32). The number of carbonyl (C=O) groups is 1. The lowest BCUT2D eigenvalue weighted by molar-refractivity contribution is -0.384. The van der Waals surface area contributed by atoms with E-state index in [1.807, 2.05) is 62.4 Å². The van der Waals surface area contributed by atoms with Gasteiger partial charge < -0.3 is 5.32 Å². The van der Waals surface area contributed by atoms with Gasteiger partial charge in [0, 0.05) is 35.0 Å². The summed E-state index contributed by atoms with van der Waals surface area (Å²) >= 11 is 3.33. The lowest BCUT2D eigenvalue weighted by Gasteiger charge is -2.10. The average Bonchev–Trinajstić information content (AvgIpc) is 2.82. The van der Waals surface area contributed by atoms with Gasteiger partial charge in [-0.15, -0.1) is 0 Å². The third-order valence-corrected chi connectivity index (χ3v) is 5.48. The Morgan fingerprint density at radius 1 is 0.882 bits per heavy atom. The van der Waals surface area contributed by atoms with Gasteiger partial charge in [0.05, 0.1) is 21.7 Å². The number of non-ortho nitro benzene ring substituents is 1. The van der Waals surface area contributed by atoms with Crippen LogP contribution in [0.4, 0.5) is 11.4 Å². The van der Waals surface area contributed by atoms with Crippen molar-refractivity contribution in [3.05, 3.63) is 104 Å². The molecule has 0 bridgehead atoms. The van der Waals surface area contributed by atoms with Crippen molar-refractivity contribution in [2.24, 2.45) is 0 Å². The number of nitro groups is 1. The van der Waals surface area contributed by atoms with Crippen LogP contribution in [-0.4, -0.2) is 16.2 Å². The number of aryl methyl sites for hydroxylation is 2. The highest BCUT2D eigenvalue weighted by Crippen LogP contribution is 2.27. The second-order valence-electron chi connectivity index (χ2n) is 7.75. The number of carbonyl (C=O) groups excluding carboxylic acids is 1. The Hall–Kier alpha value is -3.87. The molecule has 3 rings (SSSR count). The third kappa shape index (κ3) is 7.07. The van der Waals surface area contributed by atoms with Gasteiger partial charge in [-0.2, -0.15) is 0 Å². The first-order valence-electron chi connectivity index (χ1n) is 10.7. The fraction of sp³-hybridized carbons (Fsp3) is 0.179. The number of halogens is 1. The maximum absolute atomic E-state index is 12.6. The Morgan fingerprint density at radius 3 is 1.76 bits per heavy atom. The van der Waals surface area contributed by atoms with Crippen LogP contribution in [0.25, 0.3) is 0 Å². The molecular formula is C28H23BrN2O3. The monoisotopic (exact) mass is 514 g/mol. The molecule has 0 fully saturated rings. The van der Waals surface area contributed by atoms with Gasteiger partial charge in [-0.25, -0.2) is 0 Å². The molecule has 0 aliphatic heterocycles. The van der Waals surface area contributed by atoms with Gasteiger partial charge in [0.2, 0.25) is 5.91 Å². The van der Waals surface area contributed by atoms with E-state index >= 15 is 0 Å². The predicted octanol–water partition coefficient (Wildman–Crippen LogP) is 6.12. The van der Waals surface area contributed by atoms with Crippen molar-refractivity contribution in [2.75, 3.05) is 10.6 Å². The third-order valence-electron chi connectivity index (χ3n) is 4.92. The minimum absolute atomic E-state index is 0.139. The number of benzene rings is 3. The zero-order valence-corrected chi connectivity index (χ0v) is 20.5. The van der Waals surface area contributed by atoms with Crippen LogP contribution < -0.4 is 5.32 Å². The summed E-state index contributed by atoms with van der Waals surface area (Å²) in [7, 11) is 0. The summed E-state index contributed by atoms with van der Waals surface area (Å²) in [5.74, 6) is 11.9. The van der Waals surface area contributed by atoms with Crippen LogP contribution in [0.2, 0.25) is 0 Å². The molecule has 170 valence electrons. The van der Waals surface area contributed by atoms with E-state index in [4.69, 9.17) is 0 Å². The van der Waals surface area contributed by atoms with Crippen LogP contribution in [0.3, 0.4) is 0 Å². The number of amides is 1. The van der Waals surface area contributed by atoms with Crippen LogP contribution in [0, 0.1) is 47.6 Å². The molecule has 0 radical (unpaired) electrons. The molecule has 3 aromatic carbocycles. The van der Waals surface area contributed by atoms with E-state index < -0.39 is 4.92 Å². The number of nitrogens with zero attached hydrogens (tertiary/aromatic N) is 1. The smallest absolute Gasteiger partial charge is 0.272 e. The fourth-order valence-electron chi connectivity index (χ4n) is 3.05. The van der Waals surface area contributed by atoms with Crippen molar-refractivity contribution in [1.29, 1.82) is 0 Å². The number of alkyl halides is 1. The van der Waals surface area contributed by atoms with E-state index in [1.54, 1.807) is 0 Å². The molecule has 1 N–H and O–H groups in total. The van der Waals surface area contributed by atoms with E-state index in [1.165, 1.54) is 12.1 Å². The summed E-state index contributed by atoms with van der Waals surface area (Å²) in [5, 5.41) is 15.2. The molecule has 6 heteroatoms. The lowest BCUT2D eigenvalue weighted by atomic mass is 10.0. The van der Waals surface area contributed by atoms with Gasteiger partial charge in [-0.05, 0) is 44.5 Å². The van der Waals surface area contributed by atoms with Gasteiger partial charge in [0.15, 0.2) is 0 Å². The SMILES string of the molecule is Cc1ccc(C#Cc2cc([N+](=O)[O-])cc(C#Cc3ccc(C)cc3)c2NC(=O)CCCBr)cc1. The molecule has 0 saturated carbocycles. The number of hydrogen-bond acceptors (Lipinski definition) is 3. The molecular weight excluding hydrogens is 492 g/mol. The Balaban J connectivity index is 2.13. The zero-order valence-electron chi connectivity index (χ0n) is 18.9. The summed E-state index contributed by atoms with van der Waals surface area (Å²) in [5.41, 5.74) is 4.67. The average molecular weight is 515 g/mol. The van der Waals surface area contributed by atoms with Gasteiger partial charge in [-0.3, -0.25) is 14.9 Å². The van der Waals surface area contributed by atoms with E-state index in [0.717, 1.165) is 22.3 Å². The summed E-state index contributed by atoms with van der Waals surface area (Å²) in [6.45, 7) is 3.97. The van der Waals surface area contributed by atoms with Crippen molar-refractivity contribution < 1.29 is 9.72 Å². The molecule has 3 aromatic rings. The Bertz CT molecular complexity index is 1240. The number of rotatable bonds is 5. The summed E-state index contributed by atoms with van der Waals surface area (Å²) in [4.78, 5) is 23.7.